The van der Waals surface area contributed by atoms with E-state index in [9.17, 15) is 8.96 Å². The molecule has 0 amide bonds. The Labute approximate surface area is 206 Å². The van der Waals surface area contributed by atoms with Crippen molar-refractivity contribution < 1.29 is 27.5 Å². The van der Waals surface area contributed by atoms with Gasteiger partial charge in [-0.15, -0.1) is 0 Å². The summed E-state index contributed by atoms with van der Waals surface area (Å²) in [7, 11) is -2.86. The first-order chi connectivity index (χ1) is 16.9. The Balaban J connectivity index is 1.53. The number of anilines is 1. The maximum Gasteiger partial charge on any atom is 0.316 e. The van der Waals surface area contributed by atoms with Gasteiger partial charge in [-0.25, -0.2) is 4.39 Å². The Kier molecular flexibility index (Phi) is 10.8. The van der Waals surface area contributed by atoms with E-state index in [2.05, 4.69) is 16.7 Å². The number of ether oxygens (including phenoxy) is 1. The van der Waals surface area contributed by atoms with Crippen molar-refractivity contribution in [2.24, 2.45) is 0 Å². The van der Waals surface area contributed by atoms with E-state index >= 15 is 0 Å². The Morgan fingerprint density at radius 1 is 1.09 bits per heavy atom. The van der Waals surface area contributed by atoms with Gasteiger partial charge in [-0.2, -0.15) is 0 Å². The summed E-state index contributed by atoms with van der Waals surface area (Å²) in [6, 6.07) is 15.1. The smallest absolute Gasteiger partial charge is 0.316 e. The van der Waals surface area contributed by atoms with Gasteiger partial charge in [0.05, 0.1) is 19.0 Å². The van der Waals surface area contributed by atoms with E-state index < -0.39 is 8.25 Å². The van der Waals surface area contributed by atoms with E-state index in [0.717, 1.165) is 47.5 Å². The minimum atomic E-state index is -2.86. The van der Waals surface area contributed by atoms with Crippen LogP contribution in [0.2, 0.25) is 0 Å². The first-order valence-corrected chi connectivity index (χ1v) is 13.1. The van der Waals surface area contributed by atoms with Gasteiger partial charge in [-0.1, -0.05) is 12.1 Å². The number of halogens is 1. The zero-order valence-corrected chi connectivity index (χ0v) is 21.2. The van der Waals surface area contributed by atoms with E-state index in [4.69, 9.17) is 18.6 Å². The molecule has 0 saturated carbocycles. The summed E-state index contributed by atoms with van der Waals surface area (Å²) in [5.74, 6) is 0.735. The van der Waals surface area contributed by atoms with Gasteiger partial charge in [0.25, 0.3) is 0 Å². The van der Waals surface area contributed by atoms with Crippen molar-refractivity contribution in [3.8, 4) is 17.1 Å². The summed E-state index contributed by atoms with van der Waals surface area (Å²) in [5.41, 5.74) is 3.97. The summed E-state index contributed by atoms with van der Waals surface area (Å²) in [4.78, 5) is 8.69. The molecule has 3 N–H and O–H groups in total. The maximum absolute atomic E-state index is 14.2. The largest absolute Gasteiger partial charge is 0.488 e. The maximum atomic E-state index is 14.2. The lowest BCUT2D eigenvalue weighted by Crippen LogP contribution is -2.16. The third-order valence-electron chi connectivity index (χ3n) is 5.24. The Morgan fingerprint density at radius 2 is 1.91 bits per heavy atom. The lowest BCUT2D eigenvalue weighted by atomic mass is 10.1. The number of benzene rings is 2. The Bertz CT molecular complexity index is 1080. The molecule has 1 unspecified atom stereocenters. The number of rotatable bonds is 15. The first-order valence-electron chi connectivity index (χ1n) is 11.8. The monoisotopic (exact) mass is 504 g/mol. The fraction of sp³-hybridized carbons (Fsp3) is 0.385. The summed E-state index contributed by atoms with van der Waals surface area (Å²) < 4.78 is 40.6. The molecule has 3 rings (SSSR count). The molecule has 2 aromatic carbocycles. The van der Waals surface area contributed by atoms with E-state index in [1.54, 1.807) is 18.4 Å². The molecule has 35 heavy (non-hydrogen) atoms. The molecule has 0 aliphatic heterocycles. The highest BCUT2D eigenvalue weighted by molar-refractivity contribution is 7.32. The van der Waals surface area contributed by atoms with Crippen molar-refractivity contribution in [2.45, 2.75) is 45.8 Å². The normalized spacial score (nSPS) is 12.1. The number of furan rings is 1. The fourth-order valence-corrected chi connectivity index (χ4v) is 3.96. The van der Waals surface area contributed by atoms with Crippen LogP contribution in [0.1, 0.15) is 37.8 Å². The topological polar surface area (TPSA) is 93.0 Å². The van der Waals surface area contributed by atoms with Gasteiger partial charge in [-0.3, -0.25) is 4.57 Å². The van der Waals surface area contributed by atoms with E-state index in [1.165, 1.54) is 0 Å². The molecule has 9 heteroatoms. The van der Waals surface area contributed by atoms with Gasteiger partial charge in [0.1, 0.15) is 5.76 Å². The molecule has 0 fully saturated rings. The SMILES string of the molecule is CC(C)Oc1ccc(CCCNc2ccc(CNCCCO[PH](=O)O)cc2-c2ccco2)cc1F. The highest BCUT2D eigenvalue weighted by atomic mass is 31.1. The summed E-state index contributed by atoms with van der Waals surface area (Å²) in [5, 5.41) is 6.79. The molecule has 0 radical (unpaired) electrons. The Morgan fingerprint density at radius 3 is 2.63 bits per heavy atom. The molecule has 0 aliphatic carbocycles. The van der Waals surface area contributed by atoms with Gasteiger partial charge in [0.2, 0.25) is 0 Å². The zero-order valence-electron chi connectivity index (χ0n) is 20.2. The lowest BCUT2D eigenvalue weighted by Gasteiger charge is -2.14. The number of hydrogen-bond acceptors (Lipinski definition) is 6. The molecule has 0 saturated heterocycles. The average molecular weight is 505 g/mol. The summed E-state index contributed by atoms with van der Waals surface area (Å²) in [6.07, 6.45) is 3.83. The average Bonchev–Trinajstić information content (AvgIpc) is 3.35. The predicted molar refractivity (Wildman–Crippen MR) is 137 cm³/mol. The van der Waals surface area contributed by atoms with Crippen molar-refractivity contribution in [2.75, 3.05) is 25.0 Å². The summed E-state index contributed by atoms with van der Waals surface area (Å²) in [6.45, 7) is 6.07. The van der Waals surface area contributed by atoms with E-state index in [-0.39, 0.29) is 24.3 Å². The van der Waals surface area contributed by atoms with Crippen molar-refractivity contribution in [3.63, 3.8) is 0 Å². The van der Waals surface area contributed by atoms with Crippen LogP contribution >= 0.6 is 8.25 Å². The molecule has 3 aromatic rings. The van der Waals surface area contributed by atoms with Crippen LogP contribution < -0.4 is 15.4 Å². The highest BCUT2D eigenvalue weighted by Crippen LogP contribution is 2.30. The molecular weight excluding hydrogens is 470 g/mol. The van der Waals surface area contributed by atoms with Crippen LogP contribution in [0, 0.1) is 5.82 Å². The van der Waals surface area contributed by atoms with Gasteiger partial charge in [-0.05, 0) is 87.2 Å². The van der Waals surface area contributed by atoms with E-state index in [1.807, 2.05) is 44.2 Å². The molecule has 7 nitrogen and oxygen atoms in total. The second-order valence-corrected chi connectivity index (χ2v) is 9.28. The minimum absolute atomic E-state index is 0.0645. The zero-order chi connectivity index (χ0) is 25.0. The molecular formula is C26H34FN2O5P. The van der Waals surface area contributed by atoms with Crippen LogP contribution in [0.4, 0.5) is 10.1 Å². The van der Waals surface area contributed by atoms with Crippen molar-refractivity contribution >= 4 is 13.9 Å². The number of hydrogen-bond donors (Lipinski definition) is 3. The minimum Gasteiger partial charge on any atom is -0.488 e. The second-order valence-electron chi connectivity index (χ2n) is 8.46. The van der Waals surface area contributed by atoms with Crippen LogP contribution in [0.3, 0.4) is 0 Å². The van der Waals surface area contributed by atoms with Crippen molar-refractivity contribution in [3.05, 3.63) is 71.7 Å². The molecule has 1 atom stereocenters. The van der Waals surface area contributed by atoms with Crippen LogP contribution in [-0.4, -0.2) is 30.7 Å². The molecule has 1 aromatic heterocycles. The predicted octanol–water partition coefficient (Wildman–Crippen LogP) is 5.80. The highest BCUT2D eigenvalue weighted by Gasteiger charge is 2.10. The standard InChI is InChI=1S/C26H34FN2O5P/c1-19(2)34-26-11-9-20(17-23(26)27)6-3-13-29-24-10-8-21(16-22(24)25-7-4-14-32-25)18-28-12-5-15-33-35(30)31/h4,7-11,14,16-17,19,28-29,35H,3,5-6,12-13,15,18H2,1-2H3,(H,30,31). The number of nitrogens with one attached hydrogen (secondary N) is 2. The molecule has 0 bridgehead atoms. The quantitative estimate of drug-likeness (QED) is 0.178. The molecule has 0 spiro atoms. The molecule has 0 aliphatic rings. The molecule has 190 valence electrons. The second kappa shape index (κ2) is 14.0. The van der Waals surface area contributed by atoms with Gasteiger partial charge in [0.15, 0.2) is 11.6 Å². The third-order valence-corrected chi connectivity index (χ3v) is 5.69. The van der Waals surface area contributed by atoms with Crippen LogP contribution in [0.25, 0.3) is 11.3 Å². The summed E-state index contributed by atoms with van der Waals surface area (Å²) >= 11 is 0. The number of aryl methyl sites for hydroxylation is 1. The van der Waals surface area contributed by atoms with Gasteiger partial charge >= 0.3 is 8.25 Å². The third kappa shape index (κ3) is 9.15. The van der Waals surface area contributed by atoms with Crippen LogP contribution in [0.5, 0.6) is 5.75 Å². The Hall–Kier alpha value is -2.64. The lowest BCUT2D eigenvalue weighted by molar-refractivity contribution is 0.231. The van der Waals surface area contributed by atoms with Crippen LogP contribution in [-0.2, 0) is 22.1 Å². The van der Waals surface area contributed by atoms with Crippen LogP contribution in [0.15, 0.2) is 59.2 Å². The first kappa shape index (κ1) is 27.0. The van der Waals surface area contributed by atoms with Gasteiger partial charge in [0, 0.05) is 24.3 Å². The van der Waals surface area contributed by atoms with Crippen molar-refractivity contribution in [1.82, 2.24) is 5.32 Å². The van der Waals surface area contributed by atoms with Crippen molar-refractivity contribution in [1.29, 1.82) is 0 Å². The fourth-order valence-electron chi connectivity index (χ4n) is 3.65. The molecule has 1 heterocycles. The van der Waals surface area contributed by atoms with Gasteiger partial charge < -0.3 is 29.2 Å². The van der Waals surface area contributed by atoms with E-state index in [0.29, 0.717) is 19.5 Å².